The van der Waals surface area contributed by atoms with Gasteiger partial charge in [-0.2, -0.15) is 0 Å². The molecule has 0 aliphatic carbocycles. The smallest absolute Gasteiger partial charge is 0.191 e. The number of piperidine rings is 1. The van der Waals surface area contributed by atoms with Gasteiger partial charge in [0, 0.05) is 44.8 Å². The van der Waals surface area contributed by atoms with E-state index in [9.17, 15) is 5.11 Å². The molecule has 144 valence electrons. The zero-order chi connectivity index (χ0) is 18.8. The lowest BCUT2D eigenvalue weighted by Crippen LogP contribution is -2.48. The van der Waals surface area contributed by atoms with Crippen molar-refractivity contribution in [2.75, 3.05) is 39.8 Å². The zero-order valence-electron chi connectivity index (χ0n) is 16.0. The molecule has 6 heteroatoms. The van der Waals surface area contributed by atoms with E-state index >= 15 is 0 Å². The molecule has 1 fully saturated rings. The monoisotopic (exact) mass is 360 g/mol. The van der Waals surface area contributed by atoms with Gasteiger partial charge in [0.05, 0.1) is 7.11 Å². The summed E-state index contributed by atoms with van der Waals surface area (Å²) in [5.74, 6) is 1.77. The number of rotatable bonds is 8. The van der Waals surface area contributed by atoms with Crippen molar-refractivity contribution >= 4 is 5.96 Å². The molecule has 0 saturated carbocycles. The molecular formula is C20H32N4O2. The Morgan fingerprint density at radius 1 is 1.42 bits per heavy atom. The van der Waals surface area contributed by atoms with Crippen molar-refractivity contribution in [3.8, 4) is 11.5 Å². The Balaban J connectivity index is 1.85. The number of benzene rings is 1. The lowest BCUT2D eigenvalue weighted by molar-refractivity contribution is 0.225. The molecule has 1 saturated heterocycles. The molecule has 1 aliphatic rings. The largest absolute Gasteiger partial charge is 0.508 e. The van der Waals surface area contributed by atoms with Gasteiger partial charge in [0.15, 0.2) is 5.96 Å². The number of methoxy groups -OCH3 is 1. The van der Waals surface area contributed by atoms with Crippen molar-refractivity contribution in [2.24, 2.45) is 4.99 Å². The highest BCUT2D eigenvalue weighted by atomic mass is 16.5. The summed E-state index contributed by atoms with van der Waals surface area (Å²) >= 11 is 0. The molecule has 0 radical (unpaired) electrons. The third kappa shape index (κ3) is 6.26. The fourth-order valence-corrected chi connectivity index (χ4v) is 3.13. The maximum atomic E-state index is 10.0. The van der Waals surface area contributed by atoms with Gasteiger partial charge in [0.25, 0.3) is 0 Å². The van der Waals surface area contributed by atoms with Crippen LogP contribution in [-0.2, 0) is 6.42 Å². The number of hydrogen-bond acceptors (Lipinski definition) is 4. The van der Waals surface area contributed by atoms with Gasteiger partial charge in [-0.1, -0.05) is 12.1 Å². The van der Waals surface area contributed by atoms with E-state index in [-0.39, 0.29) is 5.75 Å². The van der Waals surface area contributed by atoms with E-state index < -0.39 is 0 Å². The van der Waals surface area contributed by atoms with Crippen LogP contribution in [0.1, 0.15) is 25.3 Å². The highest BCUT2D eigenvalue weighted by Gasteiger charge is 2.19. The summed E-state index contributed by atoms with van der Waals surface area (Å²) in [5.41, 5.74) is 0.878. The third-order valence-corrected chi connectivity index (χ3v) is 4.60. The normalized spacial score (nSPS) is 16.3. The second-order valence-corrected chi connectivity index (χ2v) is 6.51. The Morgan fingerprint density at radius 2 is 2.19 bits per heavy atom. The van der Waals surface area contributed by atoms with Gasteiger partial charge in [-0.05, 0) is 37.8 Å². The summed E-state index contributed by atoms with van der Waals surface area (Å²) in [6, 6.07) is 5.83. The first kappa shape index (κ1) is 20.1. The average molecular weight is 361 g/mol. The maximum absolute atomic E-state index is 10.0. The van der Waals surface area contributed by atoms with E-state index in [1.807, 2.05) is 18.2 Å². The summed E-state index contributed by atoms with van der Waals surface area (Å²) in [4.78, 5) is 7.08. The Labute approximate surface area is 157 Å². The van der Waals surface area contributed by atoms with Gasteiger partial charge in [0.2, 0.25) is 0 Å². The quantitative estimate of drug-likeness (QED) is 0.376. The van der Waals surface area contributed by atoms with Crippen LogP contribution in [0.2, 0.25) is 0 Å². The number of guanidine groups is 1. The number of aromatic hydroxyl groups is 1. The second kappa shape index (κ2) is 10.7. The van der Waals surface area contributed by atoms with Crippen molar-refractivity contribution in [3.63, 3.8) is 0 Å². The summed E-state index contributed by atoms with van der Waals surface area (Å²) in [6.07, 6.45) is 4.87. The van der Waals surface area contributed by atoms with Gasteiger partial charge in [-0.25, -0.2) is 0 Å². The van der Waals surface area contributed by atoms with E-state index in [0.717, 1.165) is 50.5 Å². The molecule has 0 bridgehead atoms. The second-order valence-electron chi connectivity index (χ2n) is 6.51. The van der Waals surface area contributed by atoms with Crippen LogP contribution in [0, 0.1) is 0 Å². The maximum Gasteiger partial charge on any atom is 0.191 e. The summed E-state index contributed by atoms with van der Waals surface area (Å²) < 4.78 is 5.12. The molecule has 0 unspecified atom stereocenters. The lowest BCUT2D eigenvalue weighted by Gasteiger charge is -2.32. The minimum atomic E-state index is 0.257. The van der Waals surface area contributed by atoms with Gasteiger partial charge >= 0.3 is 0 Å². The molecule has 0 aromatic heterocycles. The first-order chi connectivity index (χ1) is 12.7. The van der Waals surface area contributed by atoms with E-state index in [0.29, 0.717) is 24.8 Å². The number of phenolic OH excluding ortho intramolecular Hbond substituents is 1. The molecule has 0 amide bonds. The first-order valence-electron chi connectivity index (χ1n) is 9.40. The fraction of sp³-hybridized carbons (Fsp3) is 0.550. The van der Waals surface area contributed by atoms with Crippen LogP contribution in [0.15, 0.2) is 35.8 Å². The van der Waals surface area contributed by atoms with E-state index in [2.05, 4.69) is 34.0 Å². The van der Waals surface area contributed by atoms with E-state index in [1.165, 1.54) is 0 Å². The molecule has 1 heterocycles. The summed E-state index contributed by atoms with van der Waals surface area (Å²) in [5, 5.41) is 16.9. The van der Waals surface area contributed by atoms with Gasteiger partial charge in [-0.3, -0.25) is 9.89 Å². The first-order valence-corrected chi connectivity index (χ1v) is 9.40. The lowest BCUT2D eigenvalue weighted by atomic mass is 10.1. The fourth-order valence-electron chi connectivity index (χ4n) is 3.13. The van der Waals surface area contributed by atoms with Crippen molar-refractivity contribution in [2.45, 2.75) is 32.2 Å². The molecule has 3 N–H and O–H groups in total. The Morgan fingerprint density at radius 3 is 2.81 bits per heavy atom. The molecule has 1 aliphatic heterocycles. The minimum absolute atomic E-state index is 0.257. The van der Waals surface area contributed by atoms with Crippen molar-refractivity contribution in [1.82, 2.24) is 15.5 Å². The highest BCUT2D eigenvalue weighted by molar-refractivity contribution is 5.80. The SMILES string of the molecule is C=CCN1CCC(NC(=NCCc2ccc(OC)cc2O)NCC)CC1. The molecule has 0 atom stereocenters. The Hall–Kier alpha value is -2.21. The molecule has 6 nitrogen and oxygen atoms in total. The van der Waals surface area contributed by atoms with Crippen LogP contribution in [-0.4, -0.2) is 61.8 Å². The Kier molecular flexibility index (Phi) is 8.28. The summed E-state index contributed by atoms with van der Waals surface area (Å²) in [6.45, 7) is 10.5. The predicted octanol–water partition coefficient (Wildman–Crippen LogP) is 2.15. The van der Waals surface area contributed by atoms with Crippen LogP contribution in [0.25, 0.3) is 0 Å². The number of phenols is 1. The standard InChI is InChI=1S/C20H32N4O2/c1-4-12-24-13-9-17(10-14-24)23-20(21-5-2)22-11-8-16-6-7-18(26-3)15-19(16)25/h4,6-7,15,17,25H,1,5,8-14H2,2-3H3,(H2,21,22,23). The third-order valence-electron chi connectivity index (χ3n) is 4.60. The predicted molar refractivity (Wildman–Crippen MR) is 107 cm³/mol. The zero-order valence-corrected chi connectivity index (χ0v) is 16.0. The number of hydrogen-bond donors (Lipinski definition) is 3. The number of aliphatic imine (C=N–C) groups is 1. The highest BCUT2D eigenvalue weighted by Crippen LogP contribution is 2.23. The van der Waals surface area contributed by atoms with Crippen molar-refractivity contribution in [1.29, 1.82) is 0 Å². The van der Waals surface area contributed by atoms with Crippen LogP contribution >= 0.6 is 0 Å². The summed E-state index contributed by atoms with van der Waals surface area (Å²) in [7, 11) is 1.59. The van der Waals surface area contributed by atoms with Crippen molar-refractivity contribution in [3.05, 3.63) is 36.4 Å². The molecule has 0 spiro atoms. The molecule has 26 heavy (non-hydrogen) atoms. The topological polar surface area (TPSA) is 69.1 Å². The average Bonchev–Trinajstić information content (AvgIpc) is 2.65. The molecular weight excluding hydrogens is 328 g/mol. The van der Waals surface area contributed by atoms with Gasteiger partial charge < -0.3 is 20.5 Å². The number of nitrogens with zero attached hydrogens (tertiary/aromatic N) is 2. The van der Waals surface area contributed by atoms with E-state index in [1.54, 1.807) is 13.2 Å². The van der Waals surface area contributed by atoms with Gasteiger partial charge in [0.1, 0.15) is 11.5 Å². The van der Waals surface area contributed by atoms with Crippen molar-refractivity contribution < 1.29 is 9.84 Å². The van der Waals surface area contributed by atoms with Gasteiger partial charge in [-0.15, -0.1) is 6.58 Å². The Bertz CT molecular complexity index is 595. The molecule has 2 rings (SSSR count). The number of ether oxygens (including phenoxy) is 1. The van der Waals surface area contributed by atoms with E-state index in [4.69, 9.17) is 4.74 Å². The van der Waals surface area contributed by atoms with Crippen LogP contribution < -0.4 is 15.4 Å². The molecule has 1 aromatic carbocycles. The minimum Gasteiger partial charge on any atom is -0.508 e. The number of nitrogens with one attached hydrogen (secondary N) is 2. The molecule has 1 aromatic rings. The van der Waals surface area contributed by atoms with Crippen LogP contribution in [0.5, 0.6) is 11.5 Å². The van der Waals surface area contributed by atoms with Crippen LogP contribution in [0.4, 0.5) is 0 Å². The number of likely N-dealkylation sites (tertiary alicyclic amines) is 1. The van der Waals surface area contributed by atoms with Crippen LogP contribution in [0.3, 0.4) is 0 Å².